The molecule has 5 rings (SSSR count). The lowest BCUT2D eigenvalue weighted by atomic mass is 10.0. The van der Waals surface area contributed by atoms with Gasteiger partial charge in [0, 0.05) is 13.1 Å². The summed E-state index contributed by atoms with van der Waals surface area (Å²) in [6.45, 7) is 11.4. The fourth-order valence-corrected chi connectivity index (χ4v) is 4.34. The molecule has 0 amide bonds. The Bertz CT molecular complexity index is 1050. The molecule has 0 spiro atoms. The molecule has 2 fully saturated rings. The van der Waals surface area contributed by atoms with E-state index in [0.717, 1.165) is 24.1 Å². The molecule has 0 saturated carbocycles. The number of imidazole rings is 1. The van der Waals surface area contributed by atoms with Crippen molar-refractivity contribution >= 4 is 22.9 Å². The summed E-state index contributed by atoms with van der Waals surface area (Å²) in [5.41, 5.74) is 1.88. The van der Waals surface area contributed by atoms with Gasteiger partial charge in [-0.15, -0.1) is 0 Å². The van der Waals surface area contributed by atoms with E-state index in [4.69, 9.17) is 24.4 Å². The quantitative estimate of drug-likeness (QED) is 0.635. The predicted octanol–water partition coefficient (Wildman–Crippen LogP) is 2.44. The zero-order chi connectivity index (χ0) is 21.5. The number of nitrogens with zero attached hydrogens (tertiary/aromatic N) is 7. The Morgan fingerprint density at radius 1 is 0.839 bits per heavy atom. The van der Waals surface area contributed by atoms with E-state index in [1.807, 2.05) is 28.8 Å². The van der Waals surface area contributed by atoms with Crippen LogP contribution < -0.4 is 9.80 Å². The highest BCUT2D eigenvalue weighted by Crippen LogP contribution is 2.29. The van der Waals surface area contributed by atoms with E-state index in [9.17, 15) is 0 Å². The molecule has 0 radical (unpaired) electrons. The van der Waals surface area contributed by atoms with Crippen molar-refractivity contribution in [2.24, 2.45) is 0 Å². The second-order valence-corrected chi connectivity index (χ2v) is 8.37. The standard InChI is InChI=1S/C22H29N7O2/c1-14-16(3)31-17(4)15(2)29(14)22-25-20(27-9-11-30-12-10-27)24-21(26-22)28-13-23-18-7-5-6-8-19(18)28/h5-8,13-17H,9-12H2,1-4H3. The molecule has 2 aliphatic rings. The summed E-state index contributed by atoms with van der Waals surface area (Å²) in [5.74, 6) is 1.92. The van der Waals surface area contributed by atoms with Crippen LogP contribution in [0.2, 0.25) is 0 Å². The van der Waals surface area contributed by atoms with Crippen molar-refractivity contribution in [2.75, 3.05) is 36.1 Å². The number of hydrogen-bond acceptors (Lipinski definition) is 8. The summed E-state index contributed by atoms with van der Waals surface area (Å²) < 4.78 is 13.6. The minimum atomic E-state index is 0.0762. The largest absolute Gasteiger partial charge is 0.378 e. The predicted molar refractivity (Wildman–Crippen MR) is 119 cm³/mol. The summed E-state index contributed by atoms with van der Waals surface area (Å²) in [5, 5.41) is 0. The molecule has 164 valence electrons. The third kappa shape index (κ3) is 3.61. The first-order chi connectivity index (χ1) is 15.0. The normalized spacial score (nSPS) is 27.1. The molecule has 1 aromatic carbocycles. The Kier molecular flexibility index (Phi) is 5.23. The van der Waals surface area contributed by atoms with Crippen LogP contribution in [0.25, 0.3) is 17.0 Å². The summed E-state index contributed by atoms with van der Waals surface area (Å²) in [6, 6.07) is 8.28. The van der Waals surface area contributed by atoms with Crippen LogP contribution in [0.15, 0.2) is 30.6 Å². The van der Waals surface area contributed by atoms with Crippen LogP contribution in [0.3, 0.4) is 0 Å². The molecule has 2 saturated heterocycles. The number of para-hydroxylation sites is 2. The number of morpholine rings is 2. The van der Waals surface area contributed by atoms with Crippen molar-refractivity contribution in [1.29, 1.82) is 0 Å². The second kappa shape index (κ2) is 8.05. The van der Waals surface area contributed by atoms with Gasteiger partial charge in [-0.05, 0) is 39.8 Å². The Hall–Kier alpha value is -2.78. The molecule has 0 bridgehead atoms. The van der Waals surface area contributed by atoms with Crippen LogP contribution in [-0.2, 0) is 9.47 Å². The minimum Gasteiger partial charge on any atom is -0.378 e. The topological polar surface area (TPSA) is 81.4 Å². The summed E-state index contributed by atoms with van der Waals surface area (Å²) in [4.78, 5) is 23.7. The van der Waals surface area contributed by atoms with Gasteiger partial charge in [0.25, 0.3) is 0 Å². The zero-order valence-corrected chi connectivity index (χ0v) is 18.5. The molecule has 4 heterocycles. The molecule has 0 N–H and O–H groups in total. The summed E-state index contributed by atoms with van der Waals surface area (Å²) in [6.07, 6.45) is 1.93. The zero-order valence-electron chi connectivity index (χ0n) is 18.5. The maximum Gasteiger partial charge on any atom is 0.242 e. The highest BCUT2D eigenvalue weighted by Gasteiger charge is 2.37. The van der Waals surface area contributed by atoms with Crippen LogP contribution in [-0.4, -0.2) is 75.1 Å². The van der Waals surface area contributed by atoms with Gasteiger partial charge >= 0.3 is 0 Å². The van der Waals surface area contributed by atoms with Gasteiger partial charge in [-0.1, -0.05) is 12.1 Å². The van der Waals surface area contributed by atoms with E-state index in [0.29, 0.717) is 31.1 Å². The van der Waals surface area contributed by atoms with E-state index >= 15 is 0 Å². The lowest BCUT2D eigenvalue weighted by Gasteiger charge is -2.46. The van der Waals surface area contributed by atoms with Gasteiger partial charge in [-0.3, -0.25) is 4.57 Å². The Morgan fingerprint density at radius 3 is 2.23 bits per heavy atom. The fourth-order valence-electron chi connectivity index (χ4n) is 4.34. The first kappa shape index (κ1) is 20.1. The van der Waals surface area contributed by atoms with Gasteiger partial charge in [0.2, 0.25) is 17.8 Å². The van der Waals surface area contributed by atoms with E-state index in [1.165, 1.54) is 0 Å². The van der Waals surface area contributed by atoms with Crippen LogP contribution in [0.1, 0.15) is 27.7 Å². The average Bonchev–Trinajstić information content (AvgIpc) is 3.23. The molecule has 9 nitrogen and oxygen atoms in total. The van der Waals surface area contributed by atoms with Gasteiger partial charge < -0.3 is 19.3 Å². The van der Waals surface area contributed by atoms with Crippen molar-refractivity contribution in [3.8, 4) is 5.95 Å². The van der Waals surface area contributed by atoms with E-state index < -0.39 is 0 Å². The molecule has 2 aromatic heterocycles. The van der Waals surface area contributed by atoms with Crippen LogP contribution in [0.4, 0.5) is 11.9 Å². The van der Waals surface area contributed by atoms with E-state index in [-0.39, 0.29) is 24.3 Å². The maximum atomic E-state index is 6.11. The lowest BCUT2D eigenvalue weighted by Crippen LogP contribution is -2.58. The van der Waals surface area contributed by atoms with Crippen molar-refractivity contribution in [3.05, 3.63) is 30.6 Å². The summed E-state index contributed by atoms with van der Waals surface area (Å²) in [7, 11) is 0. The van der Waals surface area contributed by atoms with E-state index in [2.05, 4.69) is 42.5 Å². The Labute approximate surface area is 182 Å². The number of fused-ring (bicyclic) bond motifs is 1. The summed E-state index contributed by atoms with van der Waals surface area (Å²) >= 11 is 0. The average molecular weight is 424 g/mol. The number of hydrogen-bond donors (Lipinski definition) is 0. The SMILES string of the molecule is CC1OC(C)C(C)N(c2nc(N3CCOCC3)nc(-n3cnc4ccccc43)n2)C1C. The van der Waals surface area contributed by atoms with Gasteiger partial charge in [0.15, 0.2) is 0 Å². The molecular weight excluding hydrogens is 394 g/mol. The van der Waals surface area contributed by atoms with Crippen molar-refractivity contribution in [2.45, 2.75) is 52.0 Å². The molecule has 4 unspecified atom stereocenters. The number of aromatic nitrogens is 5. The Balaban J connectivity index is 1.64. The second-order valence-electron chi connectivity index (χ2n) is 8.37. The Morgan fingerprint density at radius 2 is 1.48 bits per heavy atom. The number of anilines is 2. The smallest absolute Gasteiger partial charge is 0.242 e. The van der Waals surface area contributed by atoms with Gasteiger partial charge in [-0.25, -0.2) is 4.98 Å². The number of benzene rings is 1. The van der Waals surface area contributed by atoms with E-state index in [1.54, 1.807) is 6.33 Å². The molecule has 9 heteroatoms. The maximum absolute atomic E-state index is 6.11. The molecular formula is C22H29N7O2. The fraction of sp³-hybridized carbons (Fsp3) is 0.545. The molecule has 4 atom stereocenters. The highest BCUT2D eigenvalue weighted by atomic mass is 16.5. The monoisotopic (exact) mass is 423 g/mol. The van der Waals surface area contributed by atoms with Crippen molar-refractivity contribution in [3.63, 3.8) is 0 Å². The lowest BCUT2D eigenvalue weighted by molar-refractivity contribution is -0.0466. The molecule has 0 aliphatic carbocycles. The minimum absolute atomic E-state index is 0.0762. The molecule has 3 aromatic rings. The van der Waals surface area contributed by atoms with Crippen LogP contribution in [0, 0.1) is 0 Å². The first-order valence-corrected chi connectivity index (χ1v) is 11.0. The number of ether oxygens (including phenoxy) is 2. The van der Waals surface area contributed by atoms with Crippen LogP contribution in [0.5, 0.6) is 0 Å². The van der Waals surface area contributed by atoms with Gasteiger partial charge in [-0.2, -0.15) is 15.0 Å². The highest BCUT2D eigenvalue weighted by molar-refractivity contribution is 5.76. The number of rotatable bonds is 3. The third-order valence-corrected chi connectivity index (χ3v) is 6.46. The molecule has 31 heavy (non-hydrogen) atoms. The van der Waals surface area contributed by atoms with Crippen molar-refractivity contribution < 1.29 is 9.47 Å². The van der Waals surface area contributed by atoms with Crippen LogP contribution >= 0.6 is 0 Å². The van der Waals surface area contributed by atoms with Gasteiger partial charge in [0.1, 0.15) is 6.33 Å². The molecule has 2 aliphatic heterocycles. The van der Waals surface area contributed by atoms with Gasteiger partial charge in [0.05, 0.1) is 48.5 Å². The van der Waals surface area contributed by atoms with Crippen molar-refractivity contribution in [1.82, 2.24) is 24.5 Å². The first-order valence-electron chi connectivity index (χ1n) is 11.0. The third-order valence-electron chi connectivity index (χ3n) is 6.46.